The number of rotatable bonds is 3. The van der Waals surface area contributed by atoms with E-state index in [0.717, 1.165) is 42.7 Å². The summed E-state index contributed by atoms with van der Waals surface area (Å²) in [6.45, 7) is 1.50. The molecule has 3 aromatic heterocycles. The highest BCUT2D eigenvalue weighted by Crippen LogP contribution is 2.29. The van der Waals surface area contributed by atoms with Crippen molar-refractivity contribution in [1.82, 2.24) is 15.0 Å². The van der Waals surface area contributed by atoms with Gasteiger partial charge in [0.25, 0.3) is 11.2 Å². The fourth-order valence-corrected chi connectivity index (χ4v) is 3.45. The largest absolute Gasteiger partial charge is 0.357 e. The first-order valence-electron chi connectivity index (χ1n) is 8.45. The zero-order chi connectivity index (χ0) is 18.1. The maximum atomic E-state index is 12.4. The molecule has 1 aliphatic heterocycles. The molecule has 0 aromatic carbocycles. The van der Waals surface area contributed by atoms with E-state index >= 15 is 0 Å². The topological polar surface area (TPSA) is 105 Å². The van der Waals surface area contributed by atoms with Gasteiger partial charge in [-0.25, -0.2) is 9.97 Å². The van der Waals surface area contributed by atoms with Gasteiger partial charge in [-0.2, -0.15) is 0 Å². The van der Waals surface area contributed by atoms with Gasteiger partial charge in [0.05, 0.1) is 4.92 Å². The third-order valence-electron chi connectivity index (χ3n) is 4.85. The lowest BCUT2D eigenvalue weighted by molar-refractivity contribution is -0.385. The summed E-state index contributed by atoms with van der Waals surface area (Å²) in [5.41, 5.74) is 1.30. The minimum atomic E-state index is -0.454. The van der Waals surface area contributed by atoms with E-state index < -0.39 is 4.92 Å². The van der Waals surface area contributed by atoms with E-state index in [9.17, 15) is 14.9 Å². The molecular formula is C18H17N5O3. The summed E-state index contributed by atoms with van der Waals surface area (Å²) in [5, 5.41) is 11.7. The maximum Gasteiger partial charge on any atom is 0.287 e. The van der Waals surface area contributed by atoms with Gasteiger partial charge in [0, 0.05) is 36.3 Å². The highest BCUT2D eigenvalue weighted by atomic mass is 16.6. The molecule has 0 unspecified atom stereocenters. The predicted molar refractivity (Wildman–Crippen MR) is 97.4 cm³/mol. The van der Waals surface area contributed by atoms with Crippen LogP contribution in [-0.4, -0.2) is 33.0 Å². The molecule has 8 nitrogen and oxygen atoms in total. The first-order valence-corrected chi connectivity index (χ1v) is 8.45. The molecule has 1 aliphatic rings. The smallest absolute Gasteiger partial charge is 0.287 e. The van der Waals surface area contributed by atoms with Gasteiger partial charge in [-0.3, -0.25) is 14.9 Å². The van der Waals surface area contributed by atoms with Crippen molar-refractivity contribution in [3.63, 3.8) is 0 Å². The van der Waals surface area contributed by atoms with Crippen molar-refractivity contribution < 1.29 is 4.92 Å². The molecule has 26 heavy (non-hydrogen) atoms. The Bertz CT molecular complexity index is 1010. The van der Waals surface area contributed by atoms with Crippen LogP contribution in [0.4, 0.5) is 11.5 Å². The molecular weight excluding hydrogens is 334 g/mol. The van der Waals surface area contributed by atoms with Crippen molar-refractivity contribution in [1.29, 1.82) is 0 Å². The highest BCUT2D eigenvalue weighted by Gasteiger charge is 2.24. The molecule has 0 spiro atoms. The van der Waals surface area contributed by atoms with Crippen molar-refractivity contribution in [3.05, 3.63) is 68.8 Å². The molecule has 4 heterocycles. The number of nitro groups is 1. The van der Waals surface area contributed by atoms with Crippen LogP contribution < -0.4 is 10.5 Å². The van der Waals surface area contributed by atoms with Crippen LogP contribution in [-0.2, 0) is 0 Å². The number of hydrogen-bond donors (Lipinski definition) is 1. The second kappa shape index (κ2) is 6.55. The molecule has 0 radical (unpaired) electrons. The Labute approximate surface area is 148 Å². The van der Waals surface area contributed by atoms with E-state index in [1.807, 2.05) is 18.2 Å². The quantitative estimate of drug-likeness (QED) is 0.574. The number of anilines is 1. The van der Waals surface area contributed by atoms with Gasteiger partial charge >= 0.3 is 0 Å². The first-order chi connectivity index (χ1) is 12.6. The van der Waals surface area contributed by atoms with Gasteiger partial charge in [0.1, 0.15) is 17.7 Å². The molecule has 132 valence electrons. The standard InChI is InChI=1S/C18H17N5O3/c24-18-15(10-13-2-1-7-19-17(13)21-18)12-5-8-22(9-6-12)16-4-3-14(11-20-16)23(25)26/h1-4,7,10-12H,5-6,8-9H2,(H,19,21,24). The van der Waals surface area contributed by atoms with E-state index in [1.54, 1.807) is 12.3 Å². The van der Waals surface area contributed by atoms with Crippen LogP contribution in [0.25, 0.3) is 11.0 Å². The van der Waals surface area contributed by atoms with Crippen LogP contribution in [0.1, 0.15) is 24.3 Å². The Morgan fingerprint density at radius 3 is 2.69 bits per heavy atom. The van der Waals surface area contributed by atoms with Crippen molar-refractivity contribution in [3.8, 4) is 0 Å². The molecule has 0 amide bonds. The summed E-state index contributed by atoms with van der Waals surface area (Å²) in [7, 11) is 0. The minimum Gasteiger partial charge on any atom is -0.357 e. The number of hydrogen-bond acceptors (Lipinski definition) is 6. The van der Waals surface area contributed by atoms with Crippen LogP contribution in [0.3, 0.4) is 0 Å². The average Bonchev–Trinajstić information content (AvgIpc) is 2.68. The monoisotopic (exact) mass is 351 g/mol. The van der Waals surface area contributed by atoms with Crippen LogP contribution in [0.2, 0.25) is 0 Å². The van der Waals surface area contributed by atoms with Crippen LogP contribution in [0, 0.1) is 10.1 Å². The molecule has 1 fully saturated rings. The molecule has 0 saturated carbocycles. The van der Waals surface area contributed by atoms with Crippen molar-refractivity contribution in [2.45, 2.75) is 18.8 Å². The molecule has 0 atom stereocenters. The fraction of sp³-hybridized carbons (Fsp3) is 0.278. The van der Waals surface area contributed by atoms with Gasteiger partial charge in [-0.05, 0) is 43.0 Å². The Hall–Kier alpha value is -3.29. The van der Waals surface area contributed by atoms with Crippen molar-refractivity contribution in [2.24, 2.45) is 0 Å². The summed E-state index contributed by atoms with van der Waals surface area (Å²) >= 11 is 0. The maximum absolute atomic E-state index is 12.4. The summed E-state index contributed by atoms with van der Waals surface area (Å²) in [6, 6.07) is 8.87. The van der Waals surface area contributed by atoms with E-state index in [1.165, 1.54) is 12.3 Å². The van der Waals surface area contributed by atoms with Gasteiger partial charge in [0.15, 0.2) is 0 Å². The number of aromatic amines is 1. The van der Waals surface area contributed by atoms with E-state index in [0.29, 0.717) is 5.65 Å². The number of pyridine rings is 3. The lowest BCUT2D eigenvalue weighted by atomic mass is 9.90. The molecule has 1 N–H and O–H groups in total. The second-order valence-corrected chi connectivity index (χ2v) is 6.39. The second-order valence-electron chi connectivity index (χ2n) is 6.39. The third kappa shape index (κ3) is 3.01. The zero-order valence-electron chi connectivity index (χ0n) is 14.0. The van der Waals surface area contributed by atoms with Gasteiger partial charge < -0.3 is 9.88 Å². The van der Waals surface area contributed by atoms with Gasteiger partial charge in [0.2, 0.25) is 0 Å². The number of H-pyrrole nitrogens is 1. The predicted octanol–water partition coefficient (Wildman–Crippen LogP) is 2.61. The lowest BCUT2D eigenvalue weighted by Crippen LogP contribution is -2.35. The lowest BCUT2D eigenvalue weighted by Gasteiger charge is -2.32. The number of nitrogens with one attached hydrogen (secondary N) is 1. The molecule has 8 heteroatoms. The Balaban J connectivity index is 1.50. The first kappa shape index (κ1) is 16.2. The van der Waals surface area contributed by atoms with Crippen LogP contribution >= 0.6 is 0 Å². The summed E-state index contributed by atoms with van der Waals surface area (Å²) in [4.78, 5) is 36.0. The Kier molecular flexibility index (Phi) is 4.08. The summed E-state index contributed by atoms with van der Waals surface area (Å²) < 4.78 is 0. The molecule has 1 saturated heterocycles. The number of piperidine rings is 1. The number of fused-ring (bicyclic) bond motifs is 1. The van der Waals surface area contributed by atoms with Crippen LogP contribution in [0.15, 0.2) is 47.5 Å². The minimum absolute atomic E-state index is 0.0139. The van der Waals surface area contributed by atoms with E-state index in [2.05, 4.69) is 19.9 Å². The third-order valence-corrected chi connectivity index (χ3v) is 4.85. The Morgan fingerprint density at radius 1 is 1.19 bits per heavy atom. The number of aromatic nitrogens is 3. The van der Waals surface area contributed by atoms with E-state index in [4.69, 9.17) is 0 Å². The van der Waals surface area contributed by atoms with Gasteiger partial charge in [-0.1, -0.05) is 0 Å². The van der Waals surface area contributed by atoms with Crippen molar-refractivity contribution in [2.75, 3.05) is 18.0 Å². The fourth-order valence-electron chi connectivity index (χ4n) is 3.45. The molecule has 0 aliphatic carbocycles. The molecule has 3 aromatic rings. The summed E-state index contributed by atoms with van der Waals surface area (Å²) in [6.07, 6.45) is 4.59. The summed E-state index contributed by atoms with van der Waals surface area (Å²) in [5.74, 6) is 0.906. The van der Waals surface area contributed by atoms with Gasteiger partial charge in [-0.15, -0.1) is 0 Å². The molecule has 0 bridgehead atoms. The molecule has 4 rings (SSSR count). The Morgan fingerprint density at radius 2 is 2.00 bits per heavy atom. The SMILES string of the molecule is O=c1[nH]c2ncccc2cc1C1CCN(c2ccc([N+](=O)[O-])cn2)CC1. The average molecular weight is 351 g/mol. The zero-order valence-corrected chi connectivity index (χ0v) is 14.0. The van der Waals surface area contributed by atoms with E-state index in [-0.39, 0.29) is 17.2 Å². The van der Waals surface area contributed by atoms with Crippen LogP contribution in [0.5, 0.6) is 0 Å². The number of nitrogens with zero attached hydrogens (tertiary/aromatic N) is 4. The highest BCUT2D eigenvalue weighted by molar-refractivity contribution is 5.74. The normalized spacial score (nSPS) is 15.3. The van der Waals surface area contributed by atoms with Crippen molar-refractivity contribution >= 4 is 22.5 Å².